The largest absolute Gasteiger partial charge is 0.298 e. The molecule has 0 unspecified atom stereocenters. The highest BCUT2D eigenvalue weighted by molar-refractivity contribution is 7.99. The Bertz CT molecular complexity index is 277. The summed E-state index contributed by atoms with van der Waals surface area (Å²) in [6.45, 7) is 2.05. The Labute approximate surface area is 83.5 Å². The zero-order chi connectivity index (χ0) is 9.68. The molecule has 0 atom stereocenters. The van der Waals surface area contributed by atoms with Crippen LogP contribution in [0.15, 0.2) is 24.3 Å². The van der Waals surface area contributed by atoms with Gasteiger partial charge in [0, 0.05) is 6.42 Å². The van der Waals surface area contributed by atoms with Crippen LogP contribution in [0.1, 0.15) is 11.1 Å². The van der Waals surface area contributed by atoms with Crippen LogP contribution >= 0.6 is 11.8 Å². The highest BCUT2D eigenvalue weighted by Crippen LogP contribution is 2.05. The van der Waals surface area contributed by atoms with Gasteiger partial charge in [-0.3, -0.25) is 4.79 Å². The van der Waals surface area contributed by atoms with Crippen LogP contribution in [0, 0.1) is 6.92 Å². The first-order valence-corrected chi connectivity index (χ1v) is 5.68. The molecule has 0 N–H and O–H groups in total. The van der Waals surface area contributed by atoms with E-state index in [4.69, 9.17) is 0 Å². The minimum Gasteiger partial charge on any atom is -0.298 e. The Morgan fingerprint density at radius 2 is 1.92 bits per heavy atom. The summed E-state index contributed by atoms with van der Waals surface area (Å²) in [7, 11) is 0. The van der Waals surface area contributed by atoms with Crippen molar-refractivity contribution in [3.8, 4) is 0 Å². The van der Waals surface area contributed by atoms with Crippen molar-refractivity contribution in [2.24, 2.45) is 0 Å². The number of carbonyl (C=O) groups excluding carboxylic acids is 1. The van der Waals surface area contributed by atoms with E-state index in [-0.39, 0.29) is 0 Å². The third-order valence-electron chi connectivity index (χ3n) is 1.83. The second-order valence-electron chi connectivity index (χ2n) is 3.13. The van der Waals surface area contributed by atoms with E-state index in [9.17, 15) is 4.79 Å². The Balaban J connectivity index is 2.54. The molecule has 0 saturated heterocycles. The number of hydrogen-bond acceptors (Lipinski definition) is 2. The lowest BCUT2D eigenvalue weighted by atomic mass is 10.1. The number of hydrogen-bond donors (Lipinski definition) is 0. The van der Waals surface area contributed by atoms with Gasteiger partial charge >= 0.3 is 0 Å². The molecule has 70 valence electrons. The maximum atomic E-state index is 11.3. The Morgan fingerprint density at radius 1 is 1.31 bits per heavy atom. The molecule has 0 amide bonds. The standard InChI is InChI=1S/C11H14OS/c1-9-3-5-10(6-4-9)7-11(12)8-13-2/h3-6H,7-8H2,1-2H3. The lowest BCUT2D eigenvalue weighted by Gasteiger charge is -1.99. The minimum absolute atomic E-state index is 0.302. The molecule has 0 saturated carbocycles. The number of Topliss-reactive ketones (excluding diaryl/α,β-unsaturated/α-hetero) is 1. The predicted molar refractivity (Wildman–Crippen MR) is 58.3 cm³/mol. The molecule has 13 heavy (non-hydrogen) atoms. The summed E-state index contributed by atoms with van der Waals surface area (Å²) in [4.78, 5) is 11.3. The molecule has 0 bridgehead atoms. The zero-order valence-electron chi connectivity index (χ0n) is 8.04. The van der Waals surface area contributed by atoms with Crippen LogP contribution in [0.5, 0.6) is 0 Å². The molecule has 1 nitrogen and oxygen atoms in total. The summed E-state index contributed by atoms with van der Waals surface area (Å²) < 4.78 is 0. The molecule has 0 aliphatic heterocycles. The first-order chi connectivity index (χ1) is 6.22. The summed E-state index contributed by atoms with van der Waals surface area (Å²) in [6, 6.07) is 8.13. The Hall–Kier alpha value is -0.760. The molecule has 1 aromatic rings. The van der Waals surface area contributed by atoms with Crippen molar-refractivity contribution in [3.05, 3.63) is 35.4 Å². The van der Waals surface area contributed by atoms with Crippen molar-refractivity contribution in [1.82, 2.24) is 0 Å². The van der Waals surface area contributed by atoms with E-state index in [1.54, 1.807) is 11.8 Å². The number of carbonyl (C=O) groups is 1. The number of rotatable bonds is 4. The molecule has 0 aliphatic carbocycles. The molecule has 1 aromatic carbocycles. The number of benzene rings is 1. The summed E-state index contributed by atoms with van der Waals surface area (Å²) in [5.74, 6) is 0.921. The van der Waals surface area contributed by atoms with Gasteiger partial charge in [0.2, 0.25) is 0 Å². The number of ketones is 1. The average Bonchev–Trinajstić information content (AvgIpc) is 2.09. The second-order valence-corrected chi connectivity index (χ2v) is 4.00. The summed E-state index contributed by atoms with van der Waals surface area (Å²) in [5.41, 5.74) is 2.35. The molecule has 0 aliphatic rings. The zero-order valence-corrected chi connectivity index (χ0v) is 8.86. The van der Waals surface area contributed by atoms with Crippen molar-refractivity contribution < 1.29 is 4.79 Å². The van der Waals surface area contributed by atoms with Crippen LogP contribution in [0.3, 0.4) is 0 Å². The molecule has 0 heterocycles. The van der Waals surface area contributed by atoms with Crippen molar-refractivity contribution in [2.75, 3.05) is 12.0 Å². The van der Waals surface area contributed by atoms with Crippen molar-refractivity contribution in [2.45, 2.75) is 13.3 Å². The molecular weight excluding hydrogens is 180 g/mol. The average molecular weight is 194 g/mol. The van der Waals surface area contributed by atoms with Crippen LogP contribution in [0.25, 0.3) is 0 Å². The van der Waals surface area contributed by atoms with Crippen LogP contribution < -0.4 is 0 Å². The lowest BCUT2D eigenvalue weighted by Crippen LogP contribution is -2.04. The fraction of sp³-hybridized carbons (Fsp3) is 0.364. The van der Waals surface area contributed by atoms with Gasteiger partial charge in [0.1, 0.15) is 5.78 Å². The Morgan fingerprint density at radius 3 is 2.46 bits per heavy atom. The van der Waals surface area contributed by atoms with Crippen LogP contribution in [0.4, 0.5) is 0 Å². The van der Waals surface area contributed by atoms with Crippen molar-refractivity contribution >= 4 is 17.5 Å². The van der Waals surface area contributed by atoms with E-state index in [2.05, 4.69) is 0 Å². The van der Waals surface area contributed by atoms with Crippen molar-refractivity contribution in [1.29, 1.82) is 0 Å². The van der Waals surface area contributed by atoms with E-state index in [1.807, 2.05) is 37.4 Å². The molecule has 0 radical (unpaired) electrons. The molecule has 1 rings (SSSR count). The van der Waals surface area contributed by atoms with Gasteiger partial charge in [-0.05, 0) is 18.7 Å². The maximum absolute atomic E-state index is 11.3. The normalized spacial score (nSPS) is 10.0. The Kier molecular flexibility index (Phi) is 4.03. The lowest BCUT2D eigenvalue weighted by molar-refractivity contribution is -0.115. The second kappa shape index (κ2) is 5.07. The van der Waals surface area contributed by atoms with Gasteiger partial charge in [-0.1, -0.05) is 29.8 Å². The molecule has 0 fully saturated rings. The third-order valence-corrected chi connectivity index (χ3v) is 2.44. The number of aryl methyl sites for hydroxylation is 1. The summed E-state index contributed by atoms with van der Waals surface area (Å²) >= 11 is 1.58. The van der Waals surface area contributed by atoms with Gasteiger partial charge in [-0.25, -0.2) is 0 Å². The monoisotopic (exact) mass is 194 g/mol. The smallest absolute Gasteiger partial charge is 0.147 e. The first-order valence-electron chi connectivity index (χ1n) is 4.28. The minimum atomic E-state index is 0.302. The fourth-order valence-electron chi connectivity index (χ4n) is 1.15. The van der Waals surface area contributed by atoms with Crippen LogP contribution in [0.2, 0.25) is 0 Å². The molecular formula is C11H14OS. The SMILES string of the molecule is CSCC(=O)Cc1ccc(C)cc1. The summed E-state index contributed by atoms with van der Waals surface area (Å²) in [6.07, 6.45) is 2.52. The molecule has 0 spiro atoms. The van der Waals surface area contributed by atoms with Gasteiger partial charge in [0.05, 0.1) is 5.75 Å². The topological polar surface area (TPSA) is 17.1 Å². The van der Waals surface area contributed by atoms with Gasteiger partial charge in [0.25, 0.3) is 0 Å². The van der Waals surface area contributed by atoms with Gasteiger partial charge in [0.15, 0.2) is 0 Å². The molecule has 0 aromatic heterocycles. The van der Waals surface area contributed by atoms with Gasteiger partial charge in [-0.2, -0.15) is 11.8 Å². The van der Waals surface area contributed by atoms with Gasteiger partial charge in [-0.15, -0.1) is 0 Å². The van der Waals surface area contributed by atoms with E-state index >= 15 is 0 Å². The summed E-state index contributed by atoms with van der Waals surface area (Å²) in [5, 5.41) is 0. The number of thioether (sulfide) groups is 1. The molecule has 2 heteroatoms. The highest BCUT2D eigenvalue weighted by atomic mass is 32.2. The van der Waals surface area contributed by atoms with E-state index in [0.29, 0.717) is 18.0 Å². The van der Waals surface area contributed by atoms with Crippen LogP contribution in [-0.4, -0.2) is 17.8 Å². The van der Waals surface area contributed by atoms with E-state index in [1.165, 1.54) is 5.56 Å². The van der Waals surface area contributed by atoms with E-state index in [0.717, 1.165) is 5.56 Å². The maximum Gasteiger partial charge on any atom is 0.147 e. The van der Waals surface area contributed by atoms with Crippen molar-refractivity contribution in [3.63, 3.8) is 0 Å². The highest BCUT2D eigenvalue weighted by Gasteiger charge is 2.01. The quantitative estimate of drug-likeness (QED) is 0.732. The predicted octanol–water partition coefficient (Wildman–Crippen LogP) is 2.47. The first kappa shape index (κ1) is 10.3. The third kappa shape index (κ3) is 3.64. The van der Waals surface area contributed by atoms with Gasteiger partial charge < -0.3 is 0 Å². The fourth-order valence-corrected chi connectivity index (χ4v) is 1.57. The van der Waals surface area contributed by atoms with E-state index < -0.39 is 0 Å². The van der Waals surface area contributed by atoms with Crippen LogP contribution in [-0.2, 0) is 11.2 Å².